The normalized spacial score (nSPS) is 25.3. The van der Waals surface area contributed by atoms with Crippen molar-refractivity contribution in [2.45, 2.75) is 38.3 Å². The van der Waals surface area contributed by atoms with Crippen molar-refractivity contribution >= 4 is 11.3 Å². The van der Waals surface area contributed by atoms with Crippen LogP contribution >= 0.6 is 11.3 Å². The van der Waals surface area contributed by atoms with Gasteiger partial charge in [-0.05, 0) is 25.8 Å². The molecule has 2 N–H and O–H groups in total. The average molecular weight is 225 g/mol. The van der Waals surface area contributed by atoms with E-state index in [1.807, 2.05) is 6.20 Å². The van der Waals surface area contributed by atoms with Crippen LogP contribution in [0.2, 0.25) is 0 Å². The zero-order valence-electron chi connectivity index (χ0n) is 9.22. The predicted octanol–water partition coefficient (Wildman–Crippen LogP) is 2.02. The van der Waals surface area contributed by atoms with Gasteiger partial charge in [-0.1, -0.05) is 6.92 Å². The zero-order valence-corrected chi connectivity index (χ0v) is 10.0. The van der Waals surface area contributed by atoms with Crippen molar-refractivity contribution in [2.75, 3.05) is 13.1 Å². The Morgan fingerprint density at radius 1 is 1.73 bits per heavy atom. The fraction of sp³-hybridized carbons (Fsp3) is 0.727. The number of hydrogen-bond donors (Lipinski definition) is 1. The highest BCUT2D eigenvalue weighted by Gasteiger charge is 2.25. The maximum Gasteiger partial charge on any atom is 0.110 e. The molecular formula is C11H19N3S. The number of rotatable bonds is 3. The Bertz CT molecular complexity index is 286. The van der Waals surface area contributed by atoms with Gasteiger partial charge >= 0.3 is 0 Å². The summed E-state index contributed by atoms with van der Waals surface area (Å²) in [6, 6.07) is 0.837. The van der Waals surface area contributed by atoms with Crippen LogP contribution in [0.3, 0.4) is 0 Å². The smallest absolute Gasteiger partial charge is 0.110 e. The van der Waals surface area contributed by atoms with Crippen LogP contribution in [0.5, 0.6) is 0 Å². The summed E-state index contributed by atoms with van der Waals surface area (Å²) < 4.78 is 0. The summed E-state index contributed by atoms with van der Waals surface area (Å²) in [5.74, 6) is 0. The van der Waals surface area contributed by atoms with E-state index in [-0.39, 0.29) is 0 Å². The third-order valence-corrected chi connectivity index (χ3v) is 3.93. The minimum atomic E-state index is 0.354. The number of nitrogens with two attached hydrogens (primary N) is 1. The van der Waals surface area contributed by atoms with Gasteiger partial charge in [-0.25, -0.2) is 4.98 Å². The van der Waals surface area contributed by atoms with Crippen LogP contribution in [0.1, 0.15) is 37.2 Å². The van der Waals surface area contributed by atoms with E-state index in [4.69, 9.17) is 5.73 Å². The number of nitrogens with zero attached hydrogens (tertiary/aromatic N) is 2. The van der Waals surface area contributed by atoms with Crippen molar-refractivity contribution in [3.63, 3.8) is 0 Å². The molecule has 0 aromatic carbocycles. The van der Waals surface area contributed by atoms with Crippen molar-refractivity contribution in [3.05, 3.63) is 16.6 Å². The van der Waals surface area contributed by atoms with Gasteiger partial charge in [0.05, 0.1) is 6.04 Å². The van der Waals surface area contributed by atoms with E-state index < -0.39 is 0 Å². The van der Waals surface area contributed by atoms with Crippen LogP contribution in [0.25, 0.3) is 0 Å². The molecule has 0 saturated carbocycles. The molecule has 0 aliphatic carbocycles. The van der Waals surface area contributed by atoms with E-state index in [0.29, 0.717) is 12.1 Å². The van der Waals surface area contributed by atoms with E-state index >= 15 is 0 Å². The van der Waals surface area contributed by atoms with Gasteiger partial charge < -0.3 is 5.73 Å². The van der Waals surface area contributed by atoms with E-state index in [9.17, 15) is 0 Å². The average Bonchev–Trinajstić information content (AvgIpc) is 2.72. The van der Waals surface area contributed by atoms with Gasteiger partial charge in [-0.3, -0.25) is 4.90 Å². The van der Waals surface area contributed by atoms with Crippen molar-refractivity contribution in [3.8, 4) is 0 Å². The molecule has 0 radical (unpaired) electrons. The van der Waals surface area contributed by atoms with E-state index in [0.717, 1.165) is 13.0 Å². The second-order valence-corrected chi connectivity index (χ2v) is 5.12. The molecule has 1 aromatic rings. The second-order valence-electron chi connectivity index (χ2n) is 4.19. The molecule has 2 heterocycles. The largest absolute Gasteiger partial charge is 0.327 e. The fourth-order valence-corrected chi connectivity index (χ4v) is 3.17. The maximum absolute atomic E-state index is 6.01. The zero-order chi connectivity index (χ0) is 10.7. The standard InChI is InChI=1S/C11H19N3S/c1-2-10(11-13-5-7-15-11)14-6-3-4-9(12)8-14/h5,7,9-10H,2-4,6,8,12H2,1H3. The molecule has 3 nitrogen and oxygen atoms in total. The summed E-state index contributed by atoms with van der Waals surface area (Å²) in [6.45, 7) is 4.43. The third-order valence-electron chi connectivity index (χ3n) is 3.05. The van der Waals surface area contributed by atoms with Gasteiger partial charge in [0, 0.05) is 24.2 Å². The molecule has 2 rings (SSSR count). The van der Waals surface area contributed by atoms with Crippen molar-refractivity contribution in [1.29, 1.82) is 0 Å². The Hall–Kier alpha value is -0.450. The number of thiazole rings is 1. The highest BCUT2D eigenvalue weighted by atomic mass is 32.1. The molecule has 1 saturated heterocycles. The molecule has 0 amide bonds. The summed E-state index contributed by atoms with van der Waals surface area (Å²) in [7, 11) is 0. The Balaban J connectivity index is 2.06. The van der Waals surface area contributed by atoms with E-state index in [1.54, 1.807) is 11.3 Å². The third kappa shape index (κ3) is 2.56. The lowest BCUT2D eigenvalue weighted by molar-refractivity contribution is 0.145. The SMILES string of the molecule is CCC(c1nccs1)N1CCCC(N)C1. The first-order valence-corrected chi connectivity index (χ1v) is 6.58. The van der Waals surface area contributed by atoms with Crippen LogP contribution in [-0.2, 0) is 0 Å². The Morgan fingerprint density at radius 3 is 3.20 bits per heavy atom. The molecule has 1 aliphatic heterocycles. The minimum absolute atomic E-state index is 0.354. The van der Waals surface area contributed by atoms with Crippen molar-refractivity contribution in [1.82, 2.24) is 9.88 Å². The number of likely N-dealkylation sites (tertiary alicyclic amines) is 1. The van der Waals surface area contributed by atoms with Crippen LogP contribution in [0.15, 0.2) is 11.6 Å². The minimum Gasteiger partial charge on any atom is -0.327 e. The topological polar surface area (TPSA) is 42.2 Å². The van der Waals surface area contributed by atoms with Crippen LogP contribution in [-0.4, -0.2) is 29.0 Å². The van der Waals surface area contributed by atoms with Gasteiger partial charge in [0.1, 0.15) is 5.01 Å². The summed E-state index contributed by atoms with van der Waals surface area (Å²) in [6.07, 6.45) is 5.42. The molecular weight excluding hydrogens is 206 g/mol. The summed E-state index contributed by atoms with van der Waals surface area (Å²) in [4.78, 5) is 6.92. The van der Waals surface area contributed by atoms with E-state index in [1.165, 1.54) is 24.4 Å². The number of aromatic nitrogens is 1. The lowest BCUT2D eigenvalue weighted by Crippen LogP contribution is -2.44. The number of hydrogen-bond acceptors (Lipinski definition) is 4. The second kappa shape index (κ2) is 5.05. The fourth-order valence-electron chi connectivity index (χ4n) is 2.31. The molecule has 1 aromatic heterocycles. The molecule has 15 heavy (non-hydrogen) atoms. The highest BCUT2D eigenvalue weighted by Crippen LogP contribution is 2.28. The molecule has 1 fully saturated rings. The predicted molar refractivity (Wildman–Crippen MR) is 63.9 cm³/mol. The Kier molecular flexibility index (Phi) is 3.72. The molecule has 2 unspecified atom stereocenters. The Morgan fingerprint density at radius 2 is 2.60 bits per heavy atom. The lowest BCUT2D eigenvalue weighted by atomic mass is 10.0. The van der Waals surface area contributed by atoms with Gasteiger partial charge in [-0.15, -0.1) is 11.3 Å². The molecule has 84 valence electrons. The first kappa shape index (κ1) is 11.0. The van der Waals surface area contributed by atoms with Crippen molar-refractivity contribution in [2.24, 2.45) is 5.73 Å². The highest BCUT2D eigenvalue weighted by molar-refractivity contribution is 7.09. The number of piperidine rings is 1. The van der Waals surface area contributed by atoms with Gasteiger partial charge in [0.15, 0.2) is 0 Å². The molecule has 0 spiro atoms. The molecule has 0 bridgehead atoms. The van der Waals surface area contributed by atoms with Crippen LogP contribution < -0.4 is 5.73 Å². The van der Waals surface area contributed by atoms with Crippen LogP contribution in [0, 0.1) is 0 Å². The van der Waals surface area contributed by atoms with E-state index in [2.05, 4.69) is 22.2 Å². The first-order valence-electron chi connectivity index (χ1n) is 5.70. The van der Waals surface area contributed by atoms with Gasteiger partial charge in [0.25, 0.3) is 0 Å². The van der Waals surface area contributed by atoms with Crippen LogP contribution in [0.4, 0.5) is 0 Å². The summed E-state index contributed by atoms with van der Waals surface area (Å²) in [5.41, 5.74) is 6.01. The first-order chi connectivity index (χ1) is 7.31. The maximum atomic E-state index is 6.01. The quantitative estimate of drug-likeness (QED) is 0.855. The molecule has 4 heteroatoms. The van der Waals surface area contributed by atoms with Crippen molar-refractivity contribution < 1.29 is 0 Å². The summed E-state index contributed by atoms with van der Waals surface area (Å²) in [5, 5.41) is 3.30. The monoisotopic (exact) mass is 225 g/mol. The lowest BCUT2D eigenvalue weighted by Gasteiger charge is -2.35. The summed E-state index contributed by atoms with van der Waals surface area (Å²) >= 11 is 1.76. The Labute approximate surface area is 95.3 Å². The molecule has 2 atom stereocenters. The van der Waals surface area contributed by atoms with Gasteiger partial charge in [-0.2, -0.15) is 0 Å². The van der Waals surface area contributed by atoms with Gasteiger partial charge in [0.2, 0.25) is 0 Å². The molecule has 1 aliphatic rings.